The molecule has 0 spiro atoms. The number of halogens is 1. The van der Waals surface area contributed by atoms with Gasteiger partial charge in [0.2, 0.25) is 5.91 Å². The second-order valence-corrected chi connectivity index (χ2v) is 9.99. The van der Waals surface area contributed by atoms with Crippen molar-refractivity contribution >= 4 is 63.4 Å². The smallest absolute Gasteiger partial charge is 0.242 e. The van der Waals surface area contributed by atoms with Crippen LogP contribution in [0.15, 0.2) is 100 Å². The molecule has 9 heteroatoms. The van der Waals surface area contributed by atoms with Gasteiger partial charge in [0, 0.05) is 14.8 Å². The monoisotopic (exact) mass is 501 g/mol. The van der Waals surface area contributed by atoms with Crippen LogP contribution in [0.2, 0.25) is 5.02 Å². The van der Waals surface area contributed by atoms with E-state index in [0.29, 0.717) is 15.7 Å². The Morgan fingerprint density at radius 3 is 2.29 bits per heavy atom. The molecule has 0 atom stereocenters. The molecule has 0 unspecified atom stereocenters. The van der Waals surface area contributed by atoms with Crippen molar-refractivity contribution in [2.45, 2.75) is 14.8 Å². The highest BCUT2D eigenvalue weighted by Gasteiger charge is 2.28. The molecule has 0 saturated heterocycles. The summed E-state index contributed by atoms with van der Waals surface area (Å²) in [6, 6.07) is 23.4. The maximum Gasteiger partial charge on any atom is 0.242 e. The predicted molar refractivity (Wildman–Crippen MR) is 137 cm³/mol. The summed E-state index contributed by atoms with van der Waals surface area (Å²) in [5.74, 6) is 0.216. The van der Waals surface area contributed by atoms with Crippen LogP contribution in [0.4, 0.5) is 11.4 Å². The van der Waals surface area contributed by atoms with E-state index in [1.165, 1.54) is 18.1 Å². The summed E-state index contributed by atoms with van der Waals surface area (Å²) in [7, 11) is 0. The molecule has 0 N–H and O–H groups in total. The highest BCUT2D eigenvalue weighted by Crippen LogP contribution is 2.48. The number of nitrogens with zero attached hydrogens (tertiary/aromatic N) is 5. The Bertz CT molecular complexity index is 1490. The first-order valence-electron chi connectivity index (χ1n) is 10.5. The van der Waals surface area contributed by atoms with E-state index in [0.717, 1.165) is 32.2 Å². The van der Waals surface area contributed by atoms with Gasteiger partial charge in [-0.1, -0.05) is 59.4 Å². The highest BCUT2D eigenvalue weighted by atomic mass is 35.5. The van der Waals surface area contributed by atoms with Crippen molar-refractivity contribution in [3.05, 3.63) is 90.3 Å². The fourth-order valence-corrected chi connectivity index (χ4v) is 5.87. The third-order valence-corrected chi connectivity index (χ3v) is 7.79. The van der Waals surface area contributed by atoms with Crippen molar-refractivity contribution in [2.75, 3.05) is 10.7 Å². The summed E-state index contributed by atoms with van der Waals surface area (Å²) in [5.41, 5.74) is 3.34. The fraction of sp³-hybridized carbons (Fsp3) is 0.0400. The van der Waals surface area contributed by atoms with Gasteiger partial charge < -0.3 is 0 Å². The van der Waals surface area contributed by atoms with Crippen LogP contribution < -0.4 is 4.90 Å². The van der Waals surface area contributed by atoms with Crippen LogP contribution in [0.1, 0.15) is 0 Å². The molecule has 3 heterocycles. The lowest BCUT2D eigenvalue weighted by molar-refractivity contribution is -0.115. The van der Waals surface area contributed by atoms with E-state index in [1.54, 1.807) is 22.6 Å². The lowest BCUT2D eigenvalue weighted by atomic mass is 10.2. The van der Waals surface area contributed by atoms with Gasteiger partial charge in [0.05, 0.1) is 34.4 Å². The van der Waals surface area contributed by atoms with Gasteiger partial charge in [-0.05, 0) is 48.5 Å². The zero-order valence-corrected chi connectivity index (χ0v) is 20.0. The van der Waals surface area contributed by atoms with E-state index in [-0.39, 0.29) is 11.7 Å². The summed E-state index contributed by atoms with van der Waals surface area (Å²) in [6.07, 6.45) is 3.24. The number of aromatic nitrogens is 4. The molecule has 0 radical (unpaired) electrons. The maximum absolute atomic E-state index is 13.5. The number of hydrogen-bond donors (Lipinski definition) is 0. The van der Waals surface area contributed by atoms with Crippen LogP contribution in [0.25, 0.3) is 16.7 Å². The van der Waals surface area contributed by atoms with Crippen molar-refractivity contribution in [3.8, 4) is 5.69 Å². The Morgan fingerprint density at radius 2 is 1.59 bits per heavy atom. The van der Waals surface area contributed by atoms with Crippen molar-refractivity contribution < 1.29 is 4.79 Å². The van der Waals surface area contributed by atoms with E-state index < -0.39 is 0 Å². The lowest BCUT2D eigenvalue weighted by Gasteiger charge is -2.30. The Labute approximate surface area is 209 Å². The topological polar surface area (TPSA) is 63.9 Å². The van der Waals surface area contributed by atoms with Crippen LogP contribution in [0.3, 0.4) is 0 Å². The number of anilines is 2. The lowest BCUT2D eigenvalue weighted by Crippen LogP contribution is -2.30. The van der Waals surface area contributed by atoms with Crippen molar-refractivity contribution in [2.24, 2.45) is 0 Å². The largest absolute Gasteiger partial charge is 0.278 e. The molecule has 6 rings (SSSR count). The van der Waals surface area contributed by atoms with Gasteiger partial charge in [-0.2, -0.15) is 5.10 Å². The quantitative estimate of drug-likeness (QED) is 0.210. The summed E-state index contributed by atoms with van der Waals surface area (Å²) >= 11 is 9.09. The van der Waals surface area contributed by atoms with Crippen LogP contribution in [-0.2, 0) is 4.79 Å². The average Bonchev–Trinajstić information content (AvgIpc) is 3.31. The fourth-order valence-electron chi connectivity index (χ4n) is 3.88. The third kappa shape index (κ3) is 3.73. The number of carbonyl (C=O) groups is 1. The minimum absolute atomic E-state index is 0.0120. The van der Waals surface area contributed by atoms with Gasteiger partial charge in [0.15, 0.2) is 5.65 Å². The molecular formula is C25H16ClN5OS2. The number of carbonyl (C=O) groups excluding carboxylic acids is 1. The van der Waals surface area contributed by atoms with Gasteiger partial charge in [-0.25, -0.2) is 14.6 Å². The van der Waals surface area contributed by atoms with E-state index >= 15 is 0 Å². The molecule has 6 nitrogen and oxygen atoms in total. The standard InChI is InChI=1S/C25H16ClN5OS2/c26-16-9-11-17(12-10-16)31-24-18(13-29-31)25(28-15-27-24)33-14-23(32)30-19-5-1-3-7-21(19)34-22-8-4-2-6-20(22)30/h1-13,15H,14H2. The molecule has 1 aliphatic rings. The van der Waals surface area contributed by atoms with E-state index in [9.17, 15) is 4.79 Å². The first-order valence-corrected chi connectivity index (χ1v) is 12.6. The van der Waals surface area contributed by atoms with Crippen LogP contribution in [-0.4, -0.2) is 31.4 Å². The number of hydrogen-bond acceptors (Lipinski definition) is 6. The normalized spacial score (nSPS) is 12.4. The predicted octanol–water partition coefficient (Wildman–Crippen LogP) is 6.39. The molecule has 1 aliphatic heterocycles. The highest BCUT2D eigenvalue weighted by molar-refractivity contribution is 8.00. The van der Waals surface area contributed by atoms with Crippen LogP contribution in [0, 0.1) is 0 Å². The molecular weight excluding hydrogens is 486 g/mol. The summed E-state index contributed by atoms with van der Waals surface area (Å²) in [6.45, 7) is 0. The molecule has 5 aromatic rings. The van der Waals surface area contributed by atoms with Gasteiger partial charge in [-0.15, -0.1) is 0 Å². The molecule has 0 saturated carbocycles. The Hall–Kier alpha value is -3.33. The van der Waals surface area contributed by atoms with E-state index in [1.807, 2.05) is 77.7 Å². The van der Waals surface area contributed by atoms with Crippen molar-refractivity contribution in [3.63, 3.8) is 0 Å². The third-order valence-electron chi connectivity index (χ3n) is 5.41. The first-order chi connectivity index (χ1) is 16.7. The van der Waals surface area contributed by atoms with Gasteiger partial charge in [0.1, 0.15) is 11.4 Å². The molecule has 0 aliphatic carbocycles. The van der Waals surface area contributed by atoms with Crippen LogP contribution >= 0.6 is 35.1 Å². The Balaban J connectivity index is 1.30. The van der Waals surface area contributed by atoms with E-state index in [2.05, 4.69) is 15.1 Å². The molecule has 34 heavy (non-hydrogen) atoms. The number of fused-ring (bicyclic) bond motifs is 3. The zero-order chi connectivity index (χ0) is 23.1. The second kappa shape index (κ2) is 8.79. The van der Waals surface area contributed by atoms with Gasteiger partial charge in [-0.3, -0.25) is 9.69 Å². The van der Waals surface area contributed by atoms with Gasteiger partial charge in [0.25, 0.3) is 0 Å². The molecule has 2 aromatic heterocycles. The molecule has 1 amide bonds. The molecule has 0 bridgehead atoms. The summed E-state index contributed by atoms with van der Waals surface area (Å²) in [4.78, 5) is 26.3. The first kappa shape index (κ1) is 21.2. The summed E-state index contributed by atoms with van der Waals surface area (Å²) in [5, 5.41) is 6.66. The SMILES string of the molecule is O=C(CSc1ncnc2c1cnn2-c1ccc(Cl)cc1)N1c2ccccc2Sc2ccccc21. The molecule has 0 fully saturated rings. The molecule has 3 aromatic carbocycles. The molecule has 166 valence electrons. The minimum Gasteiger partial charge on any atom is -0.278 e. The number of rotatable bonds is 4. The maximum atomic E-state index is 13.5. The van der Waals surface area contributed by atoms with Crippen LogP contribution in [0.5, 0.6) is 0 Å². The Morgan fingerprint density at radius 1 is 0.912 bits per heavy atom. The number of para-hydroxylation sites is 2. The Kier molecular flexibility index (Phi) is 5.49. The van der Waals surface area contributed by atoms with E-state index in [4.69, 9.17) is 11.6 Å². The number of thioether (sulfide) groups is 1. The van der Waals surface area contributed by atoms with Gasteiger partial charge >= 0.3 is 0 Å². The minimum atomic E-state index is -0.0120. The average molecular weight is 502 g/mol. The number of amides is 1. The van der Waals surface area contributed by atoms with Crippen molar-refractivity contribution in [1.29, 1.82) is 0 Å². The number of benzene rings is 3. The second-order valence-electron chi connectivity index (χ2n) is 7.50. The summed E-state index contributed by atoms with van der Waals surface area (Å²) < 4.78 is 1.74. The van der Waals surface area contributed by atoms with Crippen molar-refractivity contribution in [1.82, 2.24) is 19.7 Å². The zero-order valence-electron chi connectivity index (χ0n) is 17.6.